The van der Waals surface area contributed by atoms with Crippen LogP contribution >= 0.6 is 11.6 Å². The molecule has 3 rings (SSSR count). The Kier molecular flexibility index (Phi) is 6.66. The van der Waals surface area contributed by atoms with Gasteiger partial charge >= 0.3 is 24.3 Å². The SMILES string of the molecule is COC(=O)NC1=Nc2cc(CCNC(=O)Nc3ccc(Cl)c(C(F)(F)F)c3)ccc2[NH2+]1. The highest BCUT2D eigenvalue weighted by atomic mass is 35.5. The Morgan fingerprint density at radius 1 is 1.16 bits per heavy atom. The number of quaternary nitrogens is 1. The highest BCUT2D eigenvalue weighted by Gasteiger charge is 2.33. The number of guanidine groups is 1. The molecule has 0 saturated carbocycles. The van der Waals surface area contributed by atoms with Gasteiger partial charge in [-0.05, 0) is 36.2 Å². The molecule has 1 heterocycles. The van der Waals surface area contributed by atoms with Gasteiger partial charge in [0.25, 0.3) is 0 Å². The van der Waals surface area contributed by atoms with Gasteiger partial charge in [-0.3, -0.25) is 0 Å². The van der Waals surface area contributed by atoms with Gasteiger partial charge in [-0.25, -0.2) is 20.2 Å². The predicted octanol–water partition coefficient (Wildman–Crippen LogP) is 3.28. The minimum Gasteiger partial charge on any atom is -0.452 e. The Morgan fingerprint density at radius 2 is 1.94 bits per heavy atom. The summed E-state index contributed by atoms with van der Waals surface area (Å²) in [5.74, 6) is 0.359. The van der Waals surface area contributed by atoms with Crippen molar-refractivity contribution in [1.29, 1.82) is 0 Å². The van der Waals surface area contributed by atoms with E-state index >= 15 is 0 Å². The first-order valence-corrected chi connectivity index (χ1v) is 9.36. The van der Waals surface area contributed by atoms with Crippen molar-refractivity contribution in [1.82, 2.24) is 10.6 Å². The lowest BCUT2D eigenvalue weighted by Crippen LogP contribution is -2.84. The van der Waals surface area contributed by atoms with Crippen LogP contribution in [-0.2, 0) is 17.3 Å². The maximum absolute atomic E-state index is 12.9. The molecule has 1 aliphatic rings. The van der Waals surface area contributed by atoms with Crippen LogP contribution in [0.25, 0.3) is 0 Å². The number of carbonyl (C=O) groups excluding carboxylic acids is 2. The van der Waals surface area contributed by atoms with Gasteiger partial charge in [0.05, 0.1) is 17.7 Å². The number of carbonyl (C=O) groups is 2. The molecule has 2 aromatic carbocycles. The number of methoxy groups -OCH3 is 1. The standard InChI is InChI=1S/C19H17ClF3N5O3/c1-31-18(30)28-16-26-14-5-2-10(8-15(14)27-16)6-7-24-17(29)25-11-3-4-13(20)12(9-11)19(21,22)23/h2-5,8-9H,6-7H2,1H3,(H2,24,25,29)(H2,26,27,28,30)/p+1. The van der Waals surface area contributed by atoms with E-state index < -0.39 is 28.9 Å². The minimum atomic E-state index is -4.62. The summed E-state index contributed by atoms with van der Waals surface area (Å²) in [4.78, 5) is 27.5. The van der Waals surface area contributed by atoms with Gasteiger partial charge in [0.2, 0.25) is 0 Å². The number of aliphatic imine (C=N–C) groups is 1. The fourth-order valence-corrected chi connectivity index (χ4v) is 3.03. The van der Waals surface area contributed by atoms with E-state index in [0.717, 1.165) is 23.4 Å². The van der Waals surface area contributed by atoms with Crippen LogP contribution in [-0.4, -0.2) is 31.7 Å². The molecule has 0 fully saturated rings. The first kappa shape index (κ1) is 22.4. The molecule has 31 heavy (non-hydrogen) atoms. The summed E-state index contributed by atoms with van der Waals surface area (Å²) in [6.45, 7) is 0.241. The summed E-state index contributed by atoms with van der Waals surface area (Å²) in [6.07, 6.45) is -4.78. The zero-order valence-corrected chi connectivity index (χ0v) is 16.9. The maximum Gasteiger partial charge on any atom is 0.417 e. The van der Waals surface area contributed by atoms with Gasteiger partial charge < -0.3 is 15.4 Å². The number of halogens is 4. The number of amides is 3. The van der Waals surface area contributed by atoms with Gasteiger partial charge in [-0.1, -0.05) is 17.7 Å². The van der Waals surface area contributed by atoms with E-state index in [4.69, 9.17) is 11.6 Å². The van der Waals surface area contributed by atoms with E-state index in [1.54, 1.807) is 5.32 Å². The molecule has 2 aromatic rings. The van der Waals surface area contributed by atoms with Gasteiger partial charge in [-0.2, -0.15) is 18.2 Å². The Labute approximate surface area is 179 Å². The van der Waals surface area contributed by atoms with E-state index in [9.17, 15) is 22.8 Å². The molecule has 3 amide bonds. The number of rotatable bonds is 4. The summed E-state index contributed by atoms with van der Waals surface area (Å²) >= 11 is 5.56. The minimum absolute atomic E-state index is 0.0257. The molecule has 0 unspecified atom stereocenters. The molecule has 0 radical (unpaired) electrons. The molecule has 0 bridgehead atoms. The second-order valence-electron chi connectivity index (χ2n) is 6.47. The van der Waals surface area contributed by atoms with Crippen LogP contribution in [0.1, 0.15) is 11.1 Å². The normalized spacial score (nSPS) is 12.6. The molecule has 8 nitrogen and oxygen atoms in total. The van der Waals surface area contributed by atoms with Crippen LogP contribution in [0, 0.1) is 0 Å². The molecule has 0 aliphatic carbocycles. The van der Waals surface area contributed by atoms with Crippen molar-refractivity contribution in [3.05, 3.63) is 52.5 Å². The number of anilines is 1. The van der Waals surface area contributed by atoms with Crippen molar-refractivity contribution in [3.63, 3.8) is 0 Å². The second-order valence-corrected chi connectivity index (χ2v) is 6.88. The number of hydrogen-bond donors (Lipinski definition) is 4. The molecule has 5 N–H and O–H groups in total. The summed E-state index contributed by atoms with van der Waals surface area (Å²) in [5.41, 5.74) is 1.31. The van der Waals surface area contributed by atoms with Crippen molar-refractivity contribution >= 4 is 46.7 Å². The molecule has 0 atom stereocenters. The van der Waals surface area contributed by atoms with E-state index in [1.165, 1.54) is 13.2 Å². The smallest absolute Gasteiger partial charge is 0.417 e. The Morgan fingerprint density at radius 3 is 2.65 bits per heavy atom. The van der Waals surface area contributed by atoms with Crippen molar-refractivity contribution in [2.45, 2.75) is 12.6 Å². The molecule has 0 aromatic heterocycles. The number of hydrogen-bond acceptors (Lipinski definition) is 4. The Bertz CT molecular complexity index is 1040. The number of nitrogens with zero attached hydrogens (tertiary/aromatic N) is 1. The van der Waals surface area contributed by atoms with Gasteiger partial charge in [0.15, 0.2) is 5.69 Å². The first-order chi connectivity index (χ1) is 14.7. The predicted molar refractivity (Wildman–Crippen MR) is 108 cm³/mol. The lowest BCUT2D eigenvalue weighted by molar-refractivity contribution is -0.442. The van der Waals surface area contributed by atoms with Crippen LogP contribution in [0.2, 0.25) is 5.02 Å². The lowest BCUT2D eigenvalue weighted by atomic mass is 10.1. The number of benzene rings is 2. The third-order valence-corrected chi connectivity index (χ3v) is 4.60. The number of ether oxygens (including phenoxy) is 1. The molecule has 1 aliphatic heterocycles. The van der Waals surface area contributed by atoms with Gasteiger partial charge in [0, 0.05) is 18.3 Å². The van der Waals surface area contributed by atoms with Crippen LogP contribution < -0.4 is 21.3 Å². The van der Waals surface area contributed by atoms with E-state index in [-0.39, 0.29) is 12.2 Å². The Hall–Kier alpha value is -3.31. The number of nitrogens with one attached hydrogen (secondary N) is 3. The quantitative estimate of drug-likeness (QED) is 0.530. The number of alkyl halides is 3. The van der Waals surface area contributed by atoms with Crippen molar-refractivity contribution in [2.75, 3.05) is 19.0 Å². The molecule has 12 heteroatoms. The fourth-order valence-electron chi connectivity index (χ4n) is 2.81. The van der Waals surface area contributed by atoms with Gasteiger partial charge in [-0.15, -0.1) is 0 Å². The topological polar surface area (TPSA) is 108 Å². The molecule has 164 valence electrons. The summed E-state index contributed by atoms with van der Waals surface area (Å²) in [7, 11) is 1.25. The number of urea groups is 1. The molecule has 0 saturated heterocycles. The average Bonchev–Trinajstić information content (AvgIpc) is 3.10. The van der Waals surface area contributed by atoms with Crippen molar-refractivity contribution in [2.24, 2.45) is 4.99 Å². The second kappa shape index (κ2) is 9.23. The molecule has 0 spiro atoms. The van der Waals surface area contributed by atoms with Crippen molar-refractivity contribution < 1.29 is 32.8 Å². The van der Waals surface area contributed by atoms with Crippen LogP contribution in [0.15, 0.2) is 41.4 Å². The zero-order valence-electron chi connectivity index (χ0n) is 16.1. The summed E-state index contributed by atoms with van der Waals surface area (Å²) in [6, 6.07) is 7.97. The van der Waals surface area contributed by atoms with E-state index in [2.05, 4.69) is 25.7 Å². The number of fused-ring (bicyclic) bond motifs is 1. The van der Waals surface area contributed by atoms with Crippen LogP contribution in [0.3, 0.4) is 0 Å². The monoisotopic (exact) mass is 456 g/mol. The highest BCUT2D eigenvalue weighted by molar-refractivity contribution is 6.31. The fraction of sp³-hybridized carbons (Fsp3) is 0.211. The van der Waals surface area contributed by atoms with Crippen LogP contribution in [0.5, 0.6) is 0 Å². The number of nitrogens with two attached hydrogens (primary N) is 1. The molecular weight excluding hydrogens is 439 g/mol. The molecular formula is C19H18ClF3N5O3+. The number of alkyl carbamates (subject to hydrolysis) is 1. The zero-order chi connectivity index (χ0) is 22.6. The summed E-state index contributed by atoms with van der Waals surface area (Å²) < 4.78 is 43.2. The maximum atomic E-state index is 12.9. The van der Waals surface area contributed by atoms with Crippen molar-refractivity contribution in [3.8, 4) is 0 Å². The lowest BCUT2D eigenvalue weighted by Gasteiger charge is -2.12. The van der Waals surface area contributed by atoms with E-state index in [1.807, 2.05) is 18.2 Å². The van der Waals surface area contributed by atoms with Crippen LogP contribution in [0.4, 0.5) is 39.8 Å². The Balaban J connectivity index is 1.53. The largest absolute Gasteiger partial charge is 0.452 e. The highest BCUT2D eigenvalue weighted by Crippen LogP contribution is 2.36. The first-order valence-electron chi connectivity index (χ1n) is 8.98. The summed E-state index contributed by atoms with van der Waals surface area (Å²) in [5, 5.41) is 8.67. The average molecular weight is 457 g/mol. The third-order valence-electron chi connectivity index (χ3n) is 4.27. The van der Waals surface area contributed by atoms with Gasteiger partial charge in [0.1, 0.15) is 5.69 Å². The van der Waals surface area contributed by atoms with E-state index in [0.29, 0.717) is 18.1 Å². The third kappa shape index (κ3) is 5.86.